The van der Waals surface area contributed by atoms with E-state index in [0.29, 0.717) is 0 Å². The molecular weight excluding hydrogens is 864 g/mol. The molecule has 0 atom stereocenters. The zero-order valence-electron chi connectivity index (χ0n) is 39.7. The molecular formula is C63H47B2N5O. The lowest BCUT2D eigenvalue weighted by molar-refractivity contribution is 0.487. The zero-order valence-corrected chi connectivity index (χ0v) is 39.7. The molecule has 4 aliphatic rings. The Balaban J connectivity index is 1.09. The standard InChI is InChI=1S/C63H47B2N5O/c1-63(2,3)42-37-54-59-55(38-42)69(46-29-15-7-16-30-46)61-51(64(59)49-33-19-21-35-53(49)68(54)45-27-13-6-14-28-45)41-52-62(66-61)70(47-31-17-8-18-32-47)56-39-48(40-58-60(56)65(52)50-34-20-22-36-57(50)71-58)67(43-23-9-4-10-24-43)44-25-11-5-12-26-44/h4-41H,1-3H3. The maximum absolute atomic E-state index is 7.14. The summed E-state index contributed by atoms with van der Waals surface area (Å²) < 4.78 is 7.14. The van der Waals surface area contributed by atoms with Gasteiger partial charge in [0.1, 0.15) is 23.1 Å². The van der Waals surface area contributed by atoms with E-state index in [0.717, 1.165) is 85.0 Å². The highest BCUT2D eigenvalue weighted by molar-refractivity contribution is 7.02. The number of anilines is 12. The van der Waals surface area contributed by atoms with Crippen molar-refractivity contribution in [3.63, 3.8) is 0 Å². The summed E-state index contributed by atoms with van der Waals surface area (Å²) in [5, 5.41) is 0. The van der Waals surface area contributed by atoms with Crippen LogP contribution in [0.2, 0.25) is 0 Å². The van der Waals surface area contributed by atoms with Crippen molar-refractivity contribution in [2.75, 3.05) is 19.6 Å². The SMILES string of the molecule is CC(C)(C)c1cc2c3c(c1)N(c1ccccc1)c1nc4c(cc1B3c1ccccc1N2c1ccccc1)B1c2ccccc2Oc2cc(N(c3ccccc3)c3ccccc3)cc(c21)N4c1ccccc1. The monoisotopic (exact) mass is 911 g/mol. The maximum Gasteiger partial charge on any atom is 0.258 e. The third-order valence-electron chi connectivity index (χ3n) is 14.8. The number of pyridine rings is 1. The van der Waals surface area contributed by atoms with Crippen LogP contribution in [0.4, 0.5) is 68.5 Å². The second-order valence-electron chi connectivity index (χ2n) is 20.0. The van der Waals surface area contributed by atoms with Gasteiger partial charge in [0.2, 0.25) is 0 Å². The van der Waals surface area contributed by atoms with Crippen LogP contribution in [-0.4, -0.2) is 18.4 Å². The largest absolute Gasteiger partial charge is 0.458 e. The first-order valence-electron chi connectivity index (χ1n) is 24.6. The molecule has 0 saturated carbocycles. The predicted molar refractivity (Wildman–Crippen MR) is 297 cm³/mol. The van der Waals surface area contributed by atoms with Crippen LogP contribution in [0.1, 0.15) is 26.3 Å². The summed E-state index contributed by atoms with van der Waals surface area (Å²) in [6, 6.07) is 83.3. The molecule has 4 aliphatic heterocycles. The van der Waals surface area contributed by atoms with Crippen LogP contribution < -0.4 is 57.1 Å². The Morgan fingerprint density at radius 3 is 1.39 bits per heavy atom. The van der Waals surface area contributed by atoms with Crippen LogP contribution in [0.5, 0.6) is 11.5 Å². The van der Waals surface area contributed by atoms with E-state index < -0.39 is 0 Å². The van der Waals surface area contributed by atoms with Gasteiger partial charge in [-0.2, -0.15) is 0 Å². The summed E-state index contributed by atoms with van der Waals surface area (Å²) in [6.07, 6.45) is 0. The van der Waals surface area contributed by atoms with E-state index in [1.165, 1.54) is 33.3 Å². The normalized spacial score (nSPS) is 13.5. The fraction of sp³-hybridized carbons (Fsp3) is 0.0635. The Labute approximate surface area is 415 Å². The van der Waals surface area contributed by atoms with E-state index in [-0.39, 0.29) is 18.8 Å². The zero-order chi connectivity index (χ0) is 47.4. The van der Waals surface area contributed by atoms with Crippen molar-refractivity contribution in [3.8, 4) is 11.5 Å². The van der Waals surface area contributed by atoms with Gasteiger partial charge in [-0.15, -0.1) is 0 Å². The number of rotatable bonds is 6. The van der Waals surface area contributed by atoms with Gasteiger partial charge in [0.25, 0.3) is 13.4 Å². The molecule has 71 heavy (non-hydrogen) atoms. The van der Waals surface area contributed by atoms with Gasteiger partial charge in [0.15, 0.2) is 0 Å². The van der Waals surface area contributed by atoms with Crippen LogP contribution in [0.25, 0.3) is 0 Å². The van der Waals surface area contributed by atoms with E-state index in [1.54, 1.807) is 0 Å². The van der Waals surface area contributed by atoms with Crippen molar-refractivity contribution >= 4 is 115 Å². The summed E-state index contributed by atoms with van der Waals surface area (Å²) in [7, 11) is 0. The van der Waals surface area contributed by atoms with Crippen molar-refractivity contribution in [1.82, 2.24) is 4.98 Å². The predicted octanol–water partition coefficient (Wildman–Crippen LogP) is 12.3. The molecule has 1 aromatic heterocycles. The van der Waals surface area contributed by atoms with Gasteiger partial charge < -0.3 is 14.5 Å². The topological polar surface area (TPSA) is 35.1 Å². The van der Waals surface area contributed by atoms with E-state index >= 15 is 0 Å². The Morgan fingerprint density at radius 2 is 0.831 bits per heavy atom. The van der Waals surface area contributed by atoms with E-state index in [2.05, 4.69) is 271 Å². The molecule has 0 radical (unpaired) electrons. The highest BCUT2D eigenvalue weighted by atomic mass is 16.5. The van der Waals surface area contributed by atoms with Gasteiger partial charge >= 0.3 is 0 Å². The average Bonchev–Trinajstić information content (AvgIpc) is 3.41. The van der Waals surface area contributed by atoms with Crippen LogP contribution in [0.15, 0.2) is 231 Å². The Kier molecular flexibility index (Phi) is 9.24. The molecule has 8 heteroatoms. The third kappa shape index (κ3) is 6.41. The summed E-state index contributed by atoms with van der Waals surface area (Å²) in [4.78, 5) is 15.8. The molecule has 0 bridgehead atoms. The van der Waals surface area contributed by atoms with Crippen molar-refractivity contribution < 1.29 is 4.74 Å². The van der Waals surface area contributed by atoms with E-state index in [9.17, 15) is 0 Å². The number of fused-ring (bicyclic) bond motifs is 8. The van der Waals surface area contributed by atoms with Gasteiger partial charge in [-0.3, -0.25) is 9.80 Å². The molecule has 6 nitrogen and oxygen atoms in total. The average molecular weight is 912 g/mol. The molecule has 0 unspecified atom stereocenters. The Bertz CT molecular complexity index is 3660. The van der Waals surface area contributed by atoms with Crippen LogP contribution in [0, 0.1) is 0 Å². The van der Waals surface area contributed by atoms with E-state index in [1.807, 2.05) is 0 Å². The number of aromatic nitrogens is 1. The van der Waals surface area contributed by atoms with Crippen molar-refractivity contribution in [1.29, 1.82) is 0 Å². The van der Waals surface area contributed by atoms with Gasteiger partial charge in [-0.25, -0.2) is 4.98 Å². The molecule has 5 heterocycles. The fourth-order valence-electron chi connectivity index (χ4n) is 11.6. The van der Waals surface area contributed by atoms with Crippen molar-refractivity contribution in [2.45, 2.75) is 26.2 Å². The molecule has 0 fully saturated rings. The molecule has 0 saturated heterocycles. The van der Waals surface area contributed by atoms with Crippen LogP contribution >= 0.6 is 0 Å². The number of hydrogen-bond acceptors (Lipinski definition) is 6. The third-order valence-corrected chi connectivity index (χ3v) is 14.8. The first kappa shape index (κ1) is 41.3. The number of ether oxygens (including phenoxy) is 1. The lowest BCUT2D eigenvalue weighted by Gasteiger charge is -2.46. The summed E-state index contributed by atoms with van der Waals surface area (Å²) >= 11 is 0. The van der Waals surface area contributed by atoms with Gasteiger partial charge in [-0.05, 0) is 135 Å². The fourth-order valence-corrected chi connectivity index (χ4v) is 11.6. The van der Waals surface area contributed by atoms with Crippen molar-refractivity contribution in [2.24, 2.45) is 0 Å². The molecule has 0 N–H and O–H groups in total. The minimum Gasteiger partial charge on any atom is -0.458 e. The molecule has 0 amide bonds. The lowest BCUT2D eigenvalue weighted by Crippen LogP contribution is -2.65. The number of para-hydroxylation sites is 7. The maximum atomic E-state index is 7.14. The summed E-state index contributed by atoms with van der Waals surface area (Å²) in [5.74, 6) is 3.50. The smallest absolute Gasteiger partial charge is 0.258 e. The summed E-state index contributed by atoms with van der Waals surface area (Å²) in [6.45, 7) is 6.66. The number of nitrogens with zero attached hydrogens (tertiary/aromatic N) is 5. The van der Waals surface area contributed by atoms with Gasteiger partial charge in [-0.1, -0.05) is 154 Å². The minimum absolute atomic E-state index is 0.119. The molecule has 9 aromatic carbocycles. The Hall–Kier alpha value is -8.74. The first-order valence-corrected chi connectivity index (χ1v) is 24.6. The van der Waals surface area contributed by atoms with Crippen molar-refractivity contribution in [3.05, 3.63) is 236 Å². The summed E-state index contributed by atoms with van der Waals surface area (Å²) in [5.41, 5.74) is 19.0. The second-order valence-corrected chi connectivity index (χ2v) is 20.0. The lowest BCUT2D eigenvalue weighted by atomic mass is 9.31. The molecule has 10 aromatic rings. The van der Waals surface area contributed by atoms with Crippen LogP contribution in [-0.2, 0) is 5.41 Å². The molecule has 0 spiro atoms. The van der Waals surface area contributed by atoms with E-state index in [4.69, 9.17) is 9.72 Å². The van der Waals surface area contributed by atoms with Gasteiger partial charge in [0, 0.05) is 57.3 Å². The minimum atomic E-state index is -0.178. The number of benzene rings is 9. The highest BCUT2D eigenvalue weighted by Crippen LogP contribution is 2.49. The number of hydrogen-bond donors (Lipinski definition) is 0. The Morgan fingerprint density at radius 1 is 0.380 bits per heavy atom. The molecule has 14 rings (SSSR count). The van der Waals surface area contributed by atoms with Gasteiger partial charge in [0.05, 0.1) is 5.69 Å². The van der Waals surface area contributed by atoms with Crippen LogP contribution in [0.3, 0.4) is 0 Å². The first-order chi connectivity index (χ1) is 34.9. The second kappa shape index (κ2) is 15.9. The highest BCUT2D eigenvalue weighted by Gasteiger charge is 2.49. The quantitative estimate of drug-likeness (QED) is 0.155. The molecule has 336 valence electrons. The molecule has 0 aliphatic carbocycles.